The zero-order valence-electron chi connectivity index (χ0n) is 14.4. The van der Waals surface area contributed by atoms with E-state index >= 15 is 0 Å². The number of rotatable bonds is 3. The summed E-state index contributed by atoms with van der Waals surface area (Å²) in [5.41, 5.74) is 3.72. The van der Waals surface area contributed by atoms with Crippen molar-refractivity contribution >= 4 is 34.3 Å². The maximum atomic E-state index is 5.95. The first-order valence-corrected chi connectivity index (χ1v) is 12.6. The first-order chi connectivity index (χ1) is 12.9. The van der Waals surface area contributed by atoms with Crippen molar-refractivity contribution in [3.8, 4) is 0 Å². The van der Waals surface area contributed by atoms with Gasteiger partial charge in [-0.1, -0.05) is 0 Å². The topological polar surface area (TPSA) is 0 Å². The monoisotopic (exact) mass is 474 g/mol. The predicted molar refractivity (Wildman–Crippen MR) is 115 cm³/mol. The van der Waals surface area contributed by atoms with Crippen molar-refractivity contribution in [2.75, 3.05) is 0 Å². The van der Waals surface area contributed by atoms with Crippen molar-refractivity contribution in [1.82, 2.24) is 0 Å². The Bertz CT molecular complexity index is 532. The molecule has 4 rings (SSSR count). The summed E-state index contributed by atoms with van der Waals surface area (Å²) in [6.45, 7) is 0. The van der Waals surface area contributed by atoms with E-state index in [1.54, 1.807) is 0 Å². The van der Waals surface area contributed by atoms with Crippen LogP contribution in [0.4, 0.5) is 0 Å². The van der Waals surface area contributed by atoms with Crippen LogP contribution in [0, 0.1) is 64.2 Å². The van der Waals surface area contributed by atoms with Gasteiger partial charge in [-0.15, -0.1) is 0 Å². The molecule has 2 aliphatic rings. The maximum absolute atomic E-state index is 5.95. The van der Waals surface area contributed by atoms with Gasteiger partial charge in [0.05, 0.1) is 0 Å². The molecule has 0 aliphatic heterocycles. The fraction of sp³-hybridized carbons (Fsp3) is 0. The van der Waals surface area contributed by atoms with E-state index in [1.165, 1.54) is 16.7 Å². The van der Waals surface area contributed by atoms with Crippen LogP contribution in [0.3, 0.4) is 0 Å². The molecule has 130 valence electrons. The zero-order chi connectivity index (χ0) is 18.3. The second kappa shape index (κ2) is 14.3. The molecule has 0 atom stereocenters. The molecule has 2 aromatic carbocycles. The Balaban J connectivity index is 0.000000196. The average molecular weight is 472 g/mol. The fourth-order valence-corrected chi connectivity index (χ4v) is 3.85. The van der Waals surface area contributed by atoms with Crippen LogP contribution >= 0.6 is 8.96 Å². The van der Waals surface area contributed by atoms with Gasteiger partial charge < -0.3 is 0 Å². The van der Waals surface area contributed by atoms with Crippen LogP contribution in [0.25, 0.3) is 5.57 Å². The van der Waals surface area contributed by atoms with Gasteiger partial charge in [-0.05, 0) is 64.2 Å². The molecule has 0 spiro atoms. The molecule has 0 aromatic heterocycles. The molecule has 0 amide bonds. The molecule has 2 heteroatoms. The summed E-state index contributed by atoms with van der Waals surface area (Å²) in [5.74, 6) is 0. The van der Waals surface area contributed by atoms with Crippen LogP contribution in [-0.2, 0) is 0 Å². The molecule has 0 unspecified atom stereocenters. The van der Waals surface area contributed by atoms with Gasteiger partial charge in [0.2, 0.25) is 0 Å². The van der Waals surface area contributed by atoms with Crippen molar-refractivity contribution in [3.05, 3.63) is 140 Å². The molecular weight excluding hydrogens is 451 g/mol. The second-order valence-corrected chi connectivity index (χ2v) is 7.65. The van der Waals surface area contributed by atoms with E-state index in [2.05, 4.69) is 52.7 Å². The summed E-state index contributed by atoms with van der Waals surface area (Å²) in [6, 6.07) is 20.8. The summed E-state index contributed by atoms with van der Waals surface area (Å²) >= 11 is -0.538. The molecule has 2 fully saturated rings. The predicted octanol–water partition coefficient (Wildman–Crippen LogP) is 5.98. The van der Waals surface area contributed by atoms with Crippen LogP contribution in [0.5, 0.6) is 0 Å². The minimum Gasteiger partial charge on any atom is -0.0312 e. The molecule has 26 heavy (non-hydrogen) atoms. The van der Waals surface area contributed by atoms with Crippen LogP contribution in [-0.4, -0.2) is 19.8 Å². The molecule has 2 aliphatic carbocycles. The first-order valence-electron chi connectivity index (χ1n) is 8.33. The molecule has 0 N–H and O–H groups in total. The number of benzene rings is 2. The van der Waals surface area contributed by atoms with Gasteiger partial charge in [0.25, 0.3) is 0 Å². The molecule has 2 saturated carbocycles. The van der Waals surface area contributed by atoms with E-state index in [0.717, 1.165) is 0 Å². The molecule has 0 nitrogen and oxygen atoms in total. The number of hydrogen-bond acceptors (Lipinski definition) is 0. The Hall–Kier alpha value is -0.740. The summed E-state index contributed by atoms with van der Waals surface area (Å²) in [5, 5.41) is 0. The third-order valence-corrected chi connectivity index (χ3v) is 4.97. The Labute approximate surface area is 173 Å². The first kappa shape index (κ1) is 21.6. The molecule has 0 saturated heterocycles. The maximum Gasteiger partial charge on any atom is -0.0312 e. The van der Waals surface area contributed by atoms with Gasteiger partial charge >= 0.3 is 110 Å². The van der Waals surface area contributed by atoms with E-state index in [-0.39, 0.29) is 0 Å². The van der Waals surface area contributed by atoms with Crippen molar-refractivity contribution in [3.63, 3.8) is 0 Å². The Kier molecular flexibility index (Phi) is 11.9. The summed E-state index contributed by atoms with van der Waals surface area (Å²) < 4.78 is 2.18. The second-order valence-electron chi connectivity index (χ2n) is 5.28. The van der Waals surface area contributed by atoms with Gasteiger partial charge in [0.1, 0.15) is 0 Å². The standard InChI is InChI=1S/C14H11ClTe.2C5H5/c15-16-11-14(12-7-3-1-4-8-12)13-9-5-2-6-10-13;2*1-2-4-5-3-1/h1-11H;2*1-5H. The number of hydrogen-bond donors (Lipinski definition) is 0. The van der Waals surface area contributed by atoms with E-state index in [4.69, 9.17) is 8.96 Å². The van der Waals surface area contributed by atoms with Gasteiger partial charge in [0.15, 0.2) is 0 Å². The van der Waals surface area contributed by atoms with Gasteiger partial charge in [-0.3, -0.25) is 0 Å². The quantitative estimate of drug-likeness (QED) is 0.483. The van der Waals surface area contributed by atoms with Crippen LogP contribution in [0.2, 0.25) is 0 Å². The Morgan fingerprint density at radius 2 is 0.846 bits per heavy atom. The summed E-state index contributed by atoms with van der Waals surface area (Å²) in [7, 11) is 5.95. The zero-order valence-corrected chi connectivity index (χ0v) is 17.5. The van der Waals surface area contributed by atoms with Crippen LogP contribution < -0.4 is 0 Å². The normalized spacial score (nSPS) is 15.3. The van der Waals surface area contributed by atoms with E-state index in [9.17, 15) is 0 Å². The van der Waals surface area contributed by atoms with E-state index in [0.29, 0.717) is 0 Å². The Morgan fingerprint density at radius 3 is 1.12 bits per heavy atom. The van der Waals surface area contributed by atoms with Gasteiger partial charge in [0, 0.05) is 0 Å². The summed E-state index contributed by atoms with van der Waals surface area (Å²) in [4.78, 5) is 0. The van der Waals surface area contributed by atoms with Crippen LogP contribution in [0.15, 0.2) is 64.8 Å². The Morgan fingerprint density at radius 1 is 0.538 bits per heavy atom. The average Bonchev–Trinajstić information content (AvgIpc) is 3.46. The molecular formula is C24H21ClTe. The third-order valence-electron chi connectivity index (χ3n) is 3.44. The SMILES string of the molecule is Cl[Te]C=C(c1ccccc1)c1ccccc1.[CH]1[CH][CH][CH][CH]1.[CH]1[CH][CH][CH][CH]1. The minimum absolute atomic E-state index is 0.538. The van der Waals surface area contributed by atoms with Crippen LogP contribution in [0.1, 0.15) is 11.1 Å². The van der Waals surface area contributed by atoms with E-state index in [1.807, 2.05) is 76.3 Å². The minimum atomic E-state index is -0.538. The smallest absolute Gasteiger partial charge is 0.0312 e. The summed E-state index contributed by atoms with van der Waals surface area (Å²) in [6.07, 6.45) is 20.0. The van der Waals surface area contributed by atoms with E-state index < -0.39 is 19.8 Å². The molecule has 0 heterocycles. The number of halogens is 1. The van der Waals surface area contributed by atoms with Gasteiger partial charge in [-0.25, -0.2) is 0 Å². The molecule has 10 radical (unpaired) electrons. The third kappa shape index (κ3) is 8.77. The van der Waals surface area contributed by atoms with Crippen molar-refractivity contribution in [2.45, 2.75) is 0 Å². The molecule has 0 bridgehead atoms. The van der Waals surface area contributed by atoms with Crippen molar-refractivity contribution < 1.29 is 0 Å². The van der Waals surface area contributed by atoms with Crippen molar-refractivity contribution in [2.24, 2.45) is 0 Å². The fourth-order valence-electron chi connectivity index (χ4n) is 2.22. The largest absolute Gasteiger partial charge is 0.0312 e. The van der Waals surface area contributed by atoms with Gasteiger partial charge in [-0.2, -0.15) is 0 Å². The van der Waals surface area contributed by atoms with Crippen molar-refractivity contribution in [1.29, 1.82) is 0 Å². The molecule has 2 aromatic rings.